The molecule has 0 aromatic rings. The Bertz CT molecular complexity index is 628. The Morgan fingerprint density at radius 1 is 1.23 bits per heavy atom. The van der Waals surface area contributed by atoms with Gasteiger partial charge in [0.05, 0.1) is 25.8 Å². The number of carbonyl (C=O) groups excluding carboxylic acids is 2. The van der Waals surface area contributed by atoms with Crippen molar-refractivity contribution in [2.75, 3.05) is 40.2 Å². The molecule has 3 unspecified atom stereocenters. The maximum absolute atomic E-state index is 14.8. The van der Waals surface area contributed by atoms with Gasteiger partial charge in [-0.05, 0) is 34.6 Å². The van der Waals surface area contributed by atoms with Gasteiger partial charge in [-0.15, -0.1) is 0 Å². The van der Waals surface area contributed by atoms with Gasteiger partial charge in [0.25, 0.3) is 5.92 Å². The Morgan fingerprint density at radius 3 is 2.47 bits per heavy atom. The van der Waals surface area contributed by atoms with E-state index >= 15 is 0 Å². The van der Waals surface area contributed by atoms with Crippen LogP contribution in [0.25, 0.3) is 0 Å². The van der Waals surface area contributed by atoms with Crippen LogP contribution in [0.5, 0.6) is 0 Å². The van der Waals surface area contributed by atoms with Gasteiger partial charge in [-0.2, -0.15) is 5.06 Å². The standard InChI is InChI=1S/C19H32F2N2O7/c1-7-27-15(24)18(5,28-12-26-6)8-9-23-14-13(10-29-23)22(11-19(14,20)21)16(25)30-17(2,3)4/h13-14H,7-12H2,1-6H3. The van der Waals surface area contributed by atoms with E-state index in [1.54, 1.807) is 27.7 Å². The highest BCUT2D eigenvalue weighted by Crippen LogP contribution is 2.41. The van der Waals surface area contributed by atoms with Crippen LogP contribution >= 0.6 is 0 Å². The second-order valence-corrected chi connectivity index (χ2v) is 8.57. The van der Waals surface area contributed by atoms with Crippen LogP contribution in [0.4, 0.5) is 13.6 Å². The fourth-order valence-electron chi connectivity index (χ4n) is 3.48. The van der Waals surface area contributed by atoms with Gasteiger partial charge in [-0.3, -0.25) is 9.74 Å². The number of likely N-dealkylation sites (tertiary alicyclic amines) is 1. The topological polar surface area (TPSA) is 86.8 Å². The van der Waals surface area contributed by atoms with Crippen molar-refractivity contribution in [3.05, 3.63) is 0 Å². The second kappa shape index (κ2) is 9.29. The molecular formula is C19H32F2N2O7. The number of methoxy groups -OCH3 is 1. The molecule has 1 amide bonds. The maximum atomic E-state index is 14.8. The third-order valence-electron chi connectivity index (χ3n) is 4.94. The molecule has 2 fully saturated rings. The highest BCUT2D eigenvalue weighted by atomic mass is 19.3. The second-order valence-electron chi connectivity index (χ2n) is 8.57. The molecule has 174 valence electrons. The number of fused-ring (bicyclic) bond motifs is 1. The molecule has 2 rings (SSSR count). The van der Waals surface area contributed by atoms with Crippen molar-refractivity contribution in [1.29, 1.82) is 0 Å². The Balaban J connectivity index is 2.09. The third kappa shape index (κ3) is 5.57. The lowest BCUT2D eigenvalue weighted by atomic mass is 10.0. The SMILES string of the molecule is CCOC(=O)C(C)(CCN1OCC2C1C(F)(F)CN2C(=O)OC(C)(C)C)OCOC. The first kappa shape index (κ1) is 24.7. The van der Waals surface area contributed by atoms with E-state index in [0.29, 0.717) is 0 Å². The molecule has 0 aromatic heterocycles. The Labute approximate surface area is 175 Å². The predicted octanol–water partition coefficient (Wildman–Crippen LogP) is 2.19. The molecule has 11 heteroatoms. The zero-order valence-corrected chi connectivity index (χ0v) is 18.4. The van der Waals surface area contributed by atoms with E-state index < -0.39 is 47.8 Å². The summed E-state index contributed by atoms with van der Waals surface area (Å²) in [6, 6.07) is -2.21. The quantitative estimate of drug-likeness (QED) is 0.421. The monoisotopic (exact) mass is 438 g/mol. The minimum atomic E-state index is -3.20. The lowest BCUT2D eigenvalue weighted by Gasteiger charge is -2.31. The van der Waals surface area contributed by atoms with E-state index in [1.165, 1.54) is 14.0 Å². The maximum Gasteiger partial charge on any atom is 0.410 e. The van der Waals surface area contributed by atoms with Crippen molar-refractivity contribution in [3.63, 3.8) is 0 Å². The molecule has 2 aliphatic rings. The molecule has 0 aromatic carbocycles. The molecule has 0 bridgehead atoms. The molecular weight excluding hydrogens is 406 g/mol. The van der Waals surface area contributed by atoms with Crippen molar-refractivity contribution in [2.24, 2.45) is 0 Å². The number of hydrogen-bond donors (Lipinski definition) is 0. The summed E-state index contributed by atoms with van der Waals surface area (Å²) in [6.45, 7) is 7.30. The van der Waals surface area contributed by atoms with E-state index in [2.05, 4.69) is 0 Å². The Kier molecular flexibility index (Phi) is 7.65. The predicted molar refractivity (Wildman–Crippen MR) is 101 cm³/mol. The number of halogens is 2. The van der Waals surface area contributed by atoms with Gasteiger partial charge in [0.1, 0.15) is 18.4 Å². The Morgan fingerprint density at radius 2 is 1.90 bits per heavy atom. The summed E-state index contributed by atoms with van der Waals surface area (Å²) in [5, 5.41) is 1.13. The normalized spacial score (nSPS) is 25.7. The molecule has 0 aliphatic carbocycles. The molecule has 0 radical (unpaired) electrons. The number of hydroxylamine groups is 2. The smallest absolute Gasteiger partial charge is 0.410 e. The molecule has 0 N–H and O–H groups in total. The number of alkyl halides is 2. The van der Waals surface area contributed by atoms with Crippen molar-refractivity contribution in [1.82, 2.24) is 9.96 Å². The average molecular weight is 438 g/mol. The minimum absolute atomic E-state index is 0.0287. The summed E-state index contributed by atoms with van der Waals surface area (Å²) < 4.78 is 50.2. The van der Waals surface area contributed by atoms with Gasteiger partial charge in [0.2, 0.25) is 0 Å². The summed E-state index contributed by atoms with van der Waals surface area (Å²) in [5.41, 5.74) is -2.20. The number of esters is 1. The fourth-order valence-corrected chi connectivity index (χ4v) is 3.48. The van der Waals surface area contributed by atoms with E-state index in [4.69, 9.17) is 23.8 Å². The first-order valence-electron chi connectivity index (χ1n) is 9.92. The molecule has 9 nitrogen and oxygen atoms in total. The van der Waals surface area contributed by atoms with Gasteiger partial charge in [-0.1, -0.05) is 0 Å². The van der Waals surface area contributed by atoms with Gasteiger partial charge in [0.15, 0.2) is 5.60 Å². The van der Waals surface area contributed by atoms with Crippen molar-refractivity contribution in [2.45, 2.75) is 70.2 Å². The van der Waals surface area contributed by atoms with E-state index in [9.17, 15) is 18.4 Å². The number of hydrogen-bond acceptors (Lipinski definition) is 8. The zero-order valence-electron chi connectivity index (χ0n) is 18.4. The number of nitrogens with zero attached hydrogens (tertiary/aromatic N) is 2. The summed E-state index contributed by atoms with van der Waals surface area (Å²) in [7, 11) is 1.41. The number of carbonyl (C=O) groups is 2. The summed E-state index contributed by atoms with van der Waals surface area (Å²) in [6.07, 6.45) is -0.777. The first-order valence-corrected chi connectivity index (χ1v) is 9.92. The van der Waals surface area contributed by atoms with Gasteiger partial charge in [0, 0.05) is 20.1 Å². The van der Waals surface area contributed by atoms with Crippen LogP contribution in [0.3, 0.4) is 0 Å². The first-order chi connectivity index (χ1) is 13.8. The third-order valence-corrected chi connectivity index (χ3v) is 4.94. The molecule has 30 heavy (non-hydrogen) atoms. The lowest BCUT2D eigenvalue weighted by molar-refractivity contribution is -0.204. The largest absolute Gasteiger partial charge is 0.464 e. The van der Waals surface area contributed by atoms with Crippen molar-refractivity contribution >= 4 is 12.1 Å². The summed E-state index contributed by atoms with van der Waals surface area (Å²) >= 11 is 0. The molecule has 3 atom stereocenters. The molecule has 2 saturated heterocycles. The van der Waals surface area contributed by atoms with Crippen LogP contribution in [0.2, 0.25) is 0 Å². The molecule has 0 saturated carbocycles. The summed E-state index contributed by atoms with van der Waals surface area (Å²) in [4.78, 5) is 31.2. The fraction of sp³-hybridized carbons (Fsp3) is 0.895. The van der Waals surface area contributed by atoms with E-state index in [1.807, 2.05) is 0 Å². The van der Waals surface area contributed by atoms with Crippen molar-refractivity contribution < 1.29 is 42.2 Å². The molecule has 2 aliphatic heterocycles. The highest BCUT2D eigenvalue weighted by Gasteiger charge is 2.62. The average Bonchev–Trinajstić information content (AvgIpc) is 3.16. The van der Waals surface area contributed by atoms with Crippen LogP contribution in [-0.2, 0) is 28.6 Å². The Hall–Kier alpha value is -1.56. The molecule has 2 heterocycles. The van der Waals surface area contributed by atoms with Crippen molar-refractivity contribution in [3.8, 4) is 0 Å². The van der Waals surface area contributed by atoms with Gasteiger partial charge >= 0.3 is 12.1 Å². The van der Waals surface area contributed by atoms with Crippen LogP contribution in [0, 0.1) is 0 Å². The number of amides is 1. The van der Waals surface area contributed by atoms with Gasteiger partial charge in [-0.25, -0.2) is 18.4 Å². The van der Waals surface area contributed by atoms with Crippen LogP contribution in [0.1, 0.15) is 41.0 Å². The number of ether oxygens (including phenoxy) is 4. The zero-order chi connectivity index (χ0) is 22.7. The van der Waals surface area contributed by atoms with Crippen LogP contribution in [-0.4, -0.2) is 91.4 Å². The van der Waals surface area contributed by atoms with Crippen LogP contribution in [0.15, 0.2) is 0 Å². The highest BCUT2D eigenvalue weighted by molar-refractivity contribution is 5.79. The van der Waals surface area contributed by atoms with E-state index in [0.717, 1.165) is 9.96 Å². The number of rotatable bonds is 8. The van der Waals surface area contributed by atoms with Crippen LogP contribution < -0.4 is 0 Å². The molecule has 0 spiro atoms. The summed E-state index contributed by atoms with van der Waals surface area (Å²) in [5.74, 6) is -3.82. The lowest BCUT2D eigenvalue weighted by Crippen LogP contribution is -2.48. The minimum Gasteiger partial charge on any atom is -0.464 e. The van der Waals surface area contributed by atoms with Gasteiger partial charge < -0.3 is 18.9 Å². The van der Waals surface area contributed by atoms with E-state index in [-0.39, 0.29) is 33.0 Å².